The second-order valence-corrected chi connectivity index (χ2v) is 1.95. The van der Waals surface area contributed by atoms with Gasteiger partial charge >= 0.3 is 0 Å². The van der Waals surface area contributed by atoms with Crippen LogP contribution in [0.5, 0.6) is 0 Å². The molecule has 0 aliphatic rings. The average Bonchev–Trinajstić information content (AvgIpc) is 1.99. The number of nitrogens with zero attached hydrogens (tertiary/aromatic N) is 3. The van der Waals surface area contributed by atoms with Gasteiger partial charge in [-0.3, -0.25) is 0 Å². The van der Waals surface area contributed by atoms with Gasteiger partial charge in [0, 0.05) is 5.71 Å². The molecule has 0 saturated carbocycles. The minimum absolute atomic E-state index is 0.00259. The molecule has 13 heavy (non-hydrogen) atoms. The molecule has 0 saturated heterocycles. The highest BCUT2D eigenvalue weighted by atomic mass is 16.9. The molecule has 0 unspecified atom stereocenters. The van der Waals surface area contributed by atoms with Crippen molar-refractivity contribution in [2.45, 2.75) is 20.3 Å². The van der Waals surface area contributed by atoms with Gasteiger partial charge in [0.25, 0.3) is 5.09 Å². The number of nitrogens with two attached hydrogens (primary N) is 2. The largest absolute Gasteiger partial charge is 0.369 e. The Hall–Kier alpha value is -1.86. The van der Waals surface area contributed by atoms with E-state index < -0.39 is 5.09 Å². The Morgan fingerprint density at radius 3 is 2.15 bits per heavy atom. The summed E-state index contributed by atoms with van der Waals surface area (Å²) in [7, 11) is 0. The predicted octanol–water partition coefficient (Wildman–Crippen LogP) is -0.302. The smallest absolute Gasteiger partial charge is 0.291 e. The summed E-state index contributed by atoms with van der Waals surface area (Å²) in [5.74, 6) is 0.00259. The zero-order chi connectivity index (χ0) is 10.9. The summed E-state index contributed by atoms with van der Waals surface area (Å²) < 4.78 is 0. The molecule has 0 aromatic carbocycles. The van der Waals surface area contributed by atoms with Crippen LogP contribution in [0.15, 0.2) is 10.2 Å². The molecular weight excluding hydrogens is 178 g/mol. The zero-order valence-electron chi connectivity index (χ0n) is 7.47. The minimum atomic E-state index is -1.50. The Morgan fingerprint density at radius 1 is 1.54 bits per heavy atom. The Kier molecular flexibility index (Phi) is 8.69. The highest BCUT2D eigenvalue weighted by Crippen LogP contribution is 1.83. The summed E-state index contributed by atoms with van der Waals surface area (Å²) in [4.78, 5) is 8.36. The lowest BCUT2D eigenvalue weighted by Crippen LogP contribution is -2.22. The molecule has 0 spiro atoms. The molecule has 0 amide bonds. The van der Waals surface area contributed by atoms with E-state index >= 15 is 0 Å². The highest BCUT2D eigenvalue weighted by Gasteiger charge is 1.81. The fraction of sp³-hybridized carbons (Fsp3) is 0.600. The van der Waals surface area contributed by atoms with Crippen molar-refractivity contribution in [2.75, 3.05) is 0 Å². The normalized spacial score (nSPS) is 9.54. The van der Waals surface area contributed by atoms with E-state index in [-0.39, 0.29) is 5.96 Å². The van der Waals surface area contributed by atoms with Gasteiger partial charge in [-0.1, -0.05) is 6.92 Å². The second-order valence-electron chi connectivity index (χ2n) is 1.95. The fourth-order valence-electron chi connectivity index (χ4n) is 0.214. The topological polar surface area (TPSA) is 140 Å². The van der Waals surface area contributed by atoms with Gasteiger partial charge in [-0.25, -0.2) is 0 Å². The van der Waals surface area contributed by atoms with E-state index in [1.807, 2.05) is 13.8 Å². The van der Waals surface area contributed by atoms with Crippen molar-refractivity contribution in [1.29, 1.82) is 0 Å². The predicted molar refractivity (Wildman–Crippen MR) is 48.0 cm³/mol. The van der Waals surface area contributed by atoms with Gasteiger partial charge in [-0.05, 0) is 13.3 Å². The maximum atomic E-state index is 8.36. The van der Waals surface area contributed by atoms with E-state index in [1.54, 1.807) is 0 Å². The molecular formula is C5H13N5O3. The van der Waals surface area contributed by atoms with Crippen LogP contribution in [-0.4, -0.2) is 22.0 Å². The second kappa shape index (κ2) is 8.24. The molecule has 5 N–H and O–H groups in total. The van der Waals surface area contributed by atoms with Gasteiger partial charge in [0.2, 0.25) is 5.96 Å². The first kappa shape index (κ1) is 13.7. The van der Waals surface area contributed by atoms with Crippen LogP contribution in [-0.2, 0) is 0 Å². The number of hydrogen-bond donors (Lipinski definition) is 3. The van der Waals surface area contributed by atoms with E-state index in [0.717, 1.165) is 12.1 Å². The molecule has 0 bridgehead atoms. The zero-order valence-corrected chi connectivity index (χ0v) is 7.47. The van der Waals surface area contributed by atoms with Gasteiger partial charge in [0.05, 0.1) is 0 Å². The SMILES string of the molecule is CC/C(C)=N\N=C(N)N.O=[N+]([O-])O. The molecule has 0 radical (unpaired) electrons. The van der Waals surface area contributed by atoms with Crippen LogP contribution in [0.2, 0.25) is 0 Å². The quantitative estimate of drug-likeness (QED) is 0.238. The summed E-state index contributed by atoms with van der Waals surface area (Å²) in [5.41, 5.74) is 11.0. The summed E-state index contributed by atoms with van der Waals surface area (Å²) in [6, 6.07) is 0. The molecule has 0 aliphatic heterocycles. The molecule has 0 aliphatic carbocycles. The van der Waals surface area contributed by atoms with Gasteiger partial charge < -0.3 is 16.7 Å². The van der Waals surface area contributed by atoms with Crippen molar-refractivity contribution in [1.82, 2.24) is 0 Å². The average molecular weight is 191 g/mol. The van der Waals surface area contributed by atoms with Crippen LogP contribution in [0, 0.1) is 10.1 Å². The Labute approximate surface area is 75.0 Å². The summed E-state index contributed by atoms with van der Waals surface area (Å²) in [6.45, 7) is 3.85. The third kappa shape index (κ3) is 25.4. The molecule has 8 heteroatoms. The molecule has 0 atom stereocenters. The van der Waals surface area contributed by atoms with Gasteiger partial charge in [-0.2, -0.15) is 5.10 Å². The maximum absolute atomic E-state index is 8.36. The van der Waals surface area contributed by atoms with Crippen LogP contribution in [0.25, 0.3) is 0 Å². The van der Waals surface area contributed by atoms with Crippen LogP contribution in [0.1, 0.15) is 20.3 Å². The summed E-state index contributed by atoms with van der Waals surface area (Å²) in [6.07, 6.45) is 0.872. The van der Waals surface area contributed by atoms with Crippen LogP contribution >= 0.6 is 0 Å². The first-order valence-electron chi connectivity index (χ1n) is 3.35. The van der Waals surface area contributed by atoms with Gasteiger partial charge in [-0.15, -0.1) is 15.2 Å². The van der Waals surface area contributed by atoms with Crippen molar-refractivity contribution in [3.63, 3.8) is 0 Å². The standard InChI is InChI=1S/C5H12N4.HNO3/c1-3-4(2)8-9-5(6)7;2-1(3)4/h3H2,1-2H3,(H4,6,7,9);(H,2,3,4)/b8-4-;. The summed E-state index contributed by atoms with van der Waals surface area (Å²) >= 11 is 0. The fourth-order valence-corrected chi connectivity index (χ4v) is 0.214. The van der Waals surface area contributed by atoms with Crippen molar-refractivity contribution in [3.05, 3.63) is 10.1 Å². The van der Waals surface area contributed by atoms with Crippen molar-refractivity contribution in [2.24, 2.45) is 21.7 Å². The van der Waals surface area contributed by atoms with Crippen LogP contribution in [0.3, 0.4) is 0 Å². The van der Waals surface area contributed by atoms with Crippen LogP contribution < -0.4 is 11.5 Å². The van der Waals surface area contributed by atoms with Crippen molar-refractivity contribution in [3.8, 4) is 0 Å². The molecule has 76 valence electrons. The van der Waals surface area contributed by atoms with Gasteiger partial charge in [0.1, 0.15) is 0 Å². The number of hydrogen-bond acceptors (Lipinski definition) is 4. The third-order valence-corrected chi connectivity index (χ3v) is 0.848. The Morgan fingerprint density at radius 2 is 1.92 bits per heavy atom. The lowest BCUT2D eigenvalue weighted by Gasteiger charge is -1.88. The highest BCUT2D eigenvalue weighted by molar-refractivity contribution is 5.83. The lowest BCUT2D eigenvalue weighted by molar-refractivity contribution is -0.742. The molecule has 0 aromatic rings. The number of guanidine groups is 1. The summed E-state index contributed by atoms with van der Waals surface area (Å²) in [5, 5.41) is 20.8. The monoisotopic (exact) mass is 191 g/mol. The van der Waals surface area contributed by atoms with E-state index in [1.165, 1.54) is 0 Å². The van der Waals surface area contributed by atoms with Crippen molar-refractivity contribution >= 4 is 11.7 Å². The lowest BCUT2D eigenvalue weighted by atomic mass is 10.3. The third-order valence-electron chi connectivity index (χ3n) is 0.848. The minimum Gasteiger partial charge on any atom is -0.369 e. The molecule has 8 nitrogen and oxygen atoms in total. The first-order chi connectivity index (χ1) is 5.90. The number of rotatable bonds is 2. The van der Waals surface area contributed by atoms with E-state index in [9.17, 15) is 0 Å². The van der Waals surface area contributed by atoms with E-state index in [2.05, 4.69) is 10.2 Å². The van der Waals surface area contributed by atoms with E-state index in [0.29, 0.717) is 0 Å². The maximum Gasteiger partial charge on any atom is 0.291 e. The molecule has 0 rings (SSSR count). The molecule has 0 fully saturated rings. The van der Waals surface area contributed by atoms with Gasteiger partial charge in [0.15, 0.2) is 0 Å². The molecule has 0 heterocycles. The first-order valence-corrected chi connectivity index (χ1v) is 3.35. The Balaban J connectivity index is 0. The molecule has 0 aromatic heterocycles. The Bertz CT molecular complexity index is 204. The van der Waals surface area contributed by atoms with E-state index in [4.69, 9.17) is 26.8 Å². The van der Waals surface area contributed by atoms with Crippen molar-refractivity contribution < 1.29 is 10.3 Å². The van der Waals surface area contributed by atoms with Crippen LogP contribution in [0.4, 0.5) is 0 Å².